The van der Waals surface area contributed by atoms with Crippen LogP contribution in [0.3, 0.4) is 0 Å². The monoisotopic (exact) mass is 280 g/mol. The molecule has 2 amide bonds. The van der Waals surface area contributed by atoms with E-state index < -0.39 is 0 Å². The third kappa shape index (κ3) is 2.84. The molecule has 3 unspecified atom stereocenters. The van der Waals surface area contributed by atoms with Gasteiger partial charge in [-0.05, 0) is 38.5 Å². The first-order valence-electron chi connectivity index (χ1n) is 8.22. The number of hydrogen-bond acceptors (Lipinski definition) is 2. The molecule has 1 aliphatic heterocycles. The van der Waals surface area contributed by atoms with Gasteiger partial charge in [0, 0.05) is 6.04 Å². The molecule has 1 saturated heterocycles. The lowest BCUT2D eigenvalue weighted by Gasteiger charge is -2.44. The van der Waals surface area contributed by atoms with Crippen LogP contribution in [0.2, 0.25) is 0 Å². The SMILES string of the molecule is CCCC1NC(=O)C(CC)N(C(C)C2CCCC2)C1=O. The minimum atomic E-state index is -0.306. The van der Waals surface area contributed by atoms with Gasteiger partial charge in [0.25, 0.3) is 0 Å². The molecular formula is C16H28N2O2. The van der Waals surface area contributed by atoms with Gasteiger partial charge in [-0.1, -0.05) is 33.1 Å². The van der Waals surface area contributed by atoms with Crippen LogP contribution in [-0.2, 0) is 9.59 Å². The summed E-state index contributed by atoms with van der Waals surface area (Å²) < 4.78 is 0. The number of carbonyl (C=O) groups is 2. The van der Waals surface area contributed by atoms with Crippen LogP contribution in [0.4, 0.5) is 0 Å². The molecule has 2 fully saturated rings. The molecule has 0 radical (unpaired) electrons. The summed E-state index contributed by atoms with van der Waals surface area (Å²) >= 11 is 0. The van der Waals surface area contributed by atoms with Gasteiger partial charge in [-0.3, -0.25) is 9.59 Å². The minimum absolute atomic E-state index is 0.0374. The van der Waals surface area contributed by atoms with Gasteiger partial charge in [0.05, 0.1) is 0 Å². The predicted octanol–water partition coefficient (Wildman–Crippen LogP) is 2.47. The maximum atomic E-state index is 12.7. The van der Waals surface area contributed by atoms with Gasteiger partial charge in [-0.15, -0.1) is 0 Å². The zero-order valence-corrected chi connectivity index (χ0v) is 13.0. The molecule has 20 heavy (non-hydrogen) atoms. The van der Waals surface area contributed by atoms with Crippen molar-refractivity contribution in [3.05, 3.63) is 0 Å². The second-order valence-electron chi connectivity index (χ2n) is 6.30. The molecule has 1 saturated carbocycles. The molecule has 4 heteroatoms. The van der Waals surface area contributed by atoms with Crippen molar-refractivity contribution < 1.29 is 9.59 Å². The summed E-state index contributed by atoms with van der Waals surface area (Å²) in [7, 11) is 0. The van der Waals surface area contributed by atoms with Gasteiger partial charge < -0.3 is 10.2 Å². The lowest BCUT2D eigenvalue weighted by molar-refractivity contribution is -0.153. The quantitative estimate of drug-likeness (QED) is 0.841. The molecule has 2 rings (SSSR count). The third-order valence-corrected chi connectivity index (χ3v) is 4.99. The van der Waals surface area contributed by atoms with Crippen molar-refractivity contribution in [2.24, 2.45) is 5.92 Å². The van der Waals surface area contributed by atoms with Crippen molar-refractivity contribution in [3.63, 3.8) is 0 Å². The number of piperazine rings is 1. The maximum absolute atomic E-state index is 12.7. The van der Waals surface area contributed by atoms with Crippen molar-refractivity contribution in [2.75, 3.05) is 0 Å². The normalized spacial score (nSPS) is 29.6. The average Bonchev–Trinajstić information content (AvgIpc) is 2.95. The Morgan fingerprint density at radius 3 is 2.45 bits per heavy atom. The topological polar surface area (TPSA) is 49.4 Å². The number of hydrogen-bond donors (Lipinski definition) is 1. The highest BCUT2D eigenvalue weighted by Crippen LogP contribution is 2.32. The highest BCUT2D eigenvalue weighted by molar-refractivity contribution is 5.97. The van der Waals surface area contributed by atoms with Crippen LogP contribution in [0.5, 0.6) is 0 Å². The van der Waals surface area contributed by atoms with E-state index in [9.17, 15) is 9.59 Å². The second-order valence-corrected chi connectivity index (χ2v) is 6.30. The van der Waals surface area contributed by atoms with E-state index >= 15 is 0 Å². The van der Waals surface area contributed by atoms with E-state index in [2.05, 4.69) is 19.2 Å². The Morgan fingerprint density at radius 1 is 1.25 bits per heavy atom. The molecule has 3 atom stereocenters. The number of carbonyl (C=O) groups excluding carboxylic acids is 2. The van der Waals surface area contributed by atoms with Crippen LogP contribution >= 0.6 is 0 Å². The van der Waals surface area contributed by atoms with Crippen LogP contribution < -0.4 is 5.32 Å². The average molecular weight is 280 g/mol. The molecule has 0 aromatic heterocycles. The number of rotatable bonds is 5. The molecule has 1 heterocycles. The van der Waals surface area contributed by atoms with Crippen LogP contribution in [0.25, 0.3) is 0 Å². The Bertz CT molecular complexity index is 363. The van der Waals surface area contributed by atoms with Crippen LogP contribution in [0, 0.1) is 5.92 Å². The van der Waals surface area contributed by atoms with E-state index in [4.69, 9.17) is 0 Å². The summed E-state index contributed by atoms with van der Waals surface area (Å²) in [5.41, 5.74) is 0. The number of amides is 2. The fourth-order valence-electron chi connectivity index (χ4n) is 3.81. The fourth-order valence-corrected chi connectivity index (χ4v) is 3.81. The maximum Gasteiger partial charge on any atom is 0.246 e. The molecule has 4 nitrogen and oxygen atoms in total. The summed E-state index contributed by atoms with van der Waals surface area (Å²) in [4.78, 5) is 26.9. The van der Waals surface area contributed by atoms with Crippen molar-refractivity contribution in [1.82, 2.24) is 10.2 Å². The number of nitrogens with zero attached hydrogens (tertiary/aromatic N) is 1. The number of nitrogens with one attached hydrogen (secondary N) is 1. The summed E-state index contributed by atoms with van der Waals surface area (Å²) in [5.74, 6) is 0.745. The molecule has 2 aliphatic rings. The zero-order valence-electron chi connectivity index (χ0n) is 13.0. The second kappa shape index (κ2) is 6.59. The molecular weight excluding hydrogens is 252 g/mol. The highest BCUT2D eigenvalue weighted by Gasteiger charge is 2.43. The molecule has 0 aromatic rings. The minimum Gasteiger partial charge on any atom is -0.343 e. The first-order chi connectivity index (χ1) is 9.60. The Morgan fingerprint density at radius 2 is 1.90 bits per heavy atom. The lowest BCUT2D eigenvalue weighted by atomic mass is 9.92. The molecule has 0 spiro atoms. The highest BCUT2D eigenvalue weighted by atomic mass is 16.2. The smallest absolute Gasteiger partial charge is 0.246 e. The van der Waals surface area contributed by atoms with E-state index in [-0.39, 0.29) is 29.9 Å². The van der Waals surface area contributed by atoms with Gasteiger partial charge in [0.2, 0.25) is 11.8 Å². The standard InChI is InChI=1S/C16H28N2O2/c1-4-8-13-16(20)18(14(5-2)15(19)17-13)11(3)12-9-6-7-10-12/h11-14H,4-10H2,1-3H3,(H,17,19). The molecule has 1 N–H and O–H groups in total. The molecule has 1 aliphatic carbocycles. The summed E-state index contributed by atoms with van der Waals surface area (Å²) in [6.07, 6.45) is 7.28. The summed E-state index contributed by atoms with van der Waals surface area (Å²) in [5, 5.41) is 2.91. The van der Waals surface area contributed by atoms with Gasteiger partial charge in [-0.25, -0.2) is 0 Å². The molecule has 0 bridgehead atoms. The molecule has 0 aromatic carbocycles. The third-order valence-electron chi connectivity index (χ3n) is 4.99. The van der Waals surface area contributed by atoms with E-state index in [0.29, 0.717) is 12.3 Å². The largest absolute Gasteiger partial charge is 0.343 e. The van der Waals surface area contributed by atoms with Crippen molar-refractivity contribution in [3.8, 4) is 0 Å². The Kier molecular flexibility index (Phi) is 5.06. The van der Waals surface area contributed by atoms with Gasteiger partial charge in [0.15, 0.2) is 0 Å². The van der Waals surface area contributed by atoms with Crippen molar-refractivity contribution in [2.45, 2.75) is 83.8 Å². The Hall–Kier alpha value is -1.06. The summed E-state index contributed by atoms with van der Waals surface area (Å²) in [6.45, 7) is 6.18. The Labute approximate surface area is 122 Å². The van der Waals surface area contributed by atoms with Gasteiger partial charge in [-0.2, -0.15) is 0 Å². The zero-order chi connectivity index (χ0) is 14.7. The Balaban J connectivity index is 2.18. The first-order valence-corrected chi connectivity index (χ1v) is 8.22. The van der Waals surface area contributed by atoms with E-state index in [1.807, 2.05) is 11.8 Å². The summed E-state index contributed by atoms with van der Waals surface area (Å²) in [6, 6.07) is -0.384. The van der Waals surface area contributed by atoms with E-state index in [1.165, 1.54) is 25.7 Å². The van der Waals surface area contributed by atoms with Crippen molar-refractivity contribution >= 4 is 11.8 Å². The lowest BCUT2D eigenvalue weighted by Crippen LogP contribution is -2.65. The molecule has 114 valence electrons. The van der Waals surface area contributed by atoms with Crippen LogP contribution in [0.1, 0.15) is 65.7 Å². The van der Waals surface area contributed by atoms with Gasteiger partial charge >= 0.3 is 0 Å². The fraction of sp³-hybridized carbons (Fsp3) is 0.875. The van der Waals surface area contributed by atoms with Crippen molar-refractivity contribution in [1.29, 1.82) is 0 Å². The van der Waals surface area contributed by atoms with E-state index in [0.717, 1.165) is 12.8 Å². The van der Waals surface area contributed by atoms with Crippen LogP contribution in [0.15, 0.2) is 0 Å². The predicted molar refractivity (Wildman–Crippen MR) is 79.2 cm³/mol. The van der Waals surface area contributed by atoms with Gasteiger partial charge in [0.1, 0.15) is 12.1 Å². The van der Waals surface area contributed by atoms with Crippen LogP contribution in [-0.4, -0.2) is 34.8 Å². The van der Waals surface area contributed by atoms with E-state index in [1.54, 1.807) is 0 Å². The first kappa shape index (κ1) is 15.3.